The first-order valence-electron chi connectivity index (χ1n) is 10.1. The van der Waals surface area contributed by atoms with Gasteiger partial charge in [0.25, 0.3) is 0 Å². The van der Waals surface area contributed by atoms with E-state index in [0.717, 1.165) is 23.4 Å². The van der Waals surface area contributed by atoms with E-state index in [1.165, 1.54) is 29.7 Å². The van der Waals surface area contributed by atoms with Crippen LogP contribution in [0.5, 0.6) is 0 Å². The van der Waals surface area contributed by atoms with Gasteiger partial charge < -0.3 is 5.11 Å². The highest BCUT2D eigenvalue weighted by molar-refractivity contribution is 5.51. The van der Waals surface area contributed by atoms with Crippen molar-refractivity contribution in [2.24, 2.45) is 5.92 Å². The molecule has 0 unspecified atom stereocenters. The van der Waals surface area contributed by atoms with E-state index in [1.807, 2.05) is 43.3 Å². The van der Waals surface area contributed by atoms with Crippen molar-refractivity contribution in [3.05, 3.63) is 96.6 Å². The SMILES string of the molecule is C[C@@H](C/C=C/c1ccc(-n2cncn2)cc1)[C@](O)(Cn1cncn1)c1ccc(F)cc1F. The molecule has 32 heavy (non-hydrogen) atoms. The molecule has 0 spiro atoms. The van der Waals surface area contributed by atoms with Crippen LogP contribution < -0.4 is 0 Å². The molecule has 2 heterocycles. The molecule has 0 aliphatic rings. The third-order valence-corrected chi connectivity index (χ3v) is 5.46. The van der Waals surface area contributed by atoms with Crippen molar-refractivity contribution in [3.8, 4) is 5.69 Å². The fourth-order valence-corrected chi connectivity index (χ4v) is 3.59. The Balaban J connectivity index is 1.52. The zero-order chi connectivity index (χ0) is 22.6. The van der Waals surface area contributed by atoms with Gasteiger partial charge in [-0.3, -0.25) is 0 Å². The van der Waals surface area contributed by atoms with Crippen LogP contribution in [0.25, 0.3) is 11.8 Å². The van der Waals surface area contributed by atoms with Crippen molar-refractivity contribution in [3.63, 3.8) is 0 Å². The Kier molecular flexibility index (Phi) is 6.18. The van der Waals surface area contributed by atoms with Crippen LogP contribution in [-0.2, 0) is 12.1 Å². The van der Waals surface area contributed by atoms with Gasteiger partial charge in [0.1, 0.15) is 42.5 Å². The van der Waals surface area contributed by atoms with Gasteiger partial charge in [-0.05, 0) is 36.1 Å². The summed E-state index contributed by atoms with van der Waals surface area (Å²) in [5, 5.41) is 19.7. The lowest BCUT2D eigenvalue weighted by molar-refractivity contribution is -0.0379. The summed E-state index contributed by atoms with van der Waals surface area (Å²) >= 11 is 0. The molecular formula is C23H22F2N6O. The average molecular weight is 436 g/mol. The van der Waals surface area contributed by atoms with Gasteiger partial charge in [-0.25, -0.2) is 28.1 Å². The zero-order valence-corrected chi connectivity index (χ0v) is 17.4. The molecular weight excluding hydrogens is 414 g/mol. The normalized spacial score (nSPS) is 14.5. The first kappa shape index (κ1) is 21.5. The number of aromatic nitrogens is 6. The fraction of sp³-hybridized carbons (Fsp3) is 0.217. The quantitative estimate of drug-likeness (QED) is 0.455. The average Bonchev–Trinajstić information content (AvgIpc) is 3.48. The van der Waals surface area contributed by atoms with Crippen molar-refractivity contribution < 1.29 is 13.9 Å². The van der Waals surface area contributed by atoms with E-state index in [4.69, 9.17) is 0 Å². The van der Waals surface area contributed by atoms with Crippen molar-refractivity contribution in [2.75, 3.05) is 0 Å². The molecule has 4 rings (SSSR count). The summed E-state index contributed by atoms with van der Waals surface area (Å²) in [5.74, 6) is -1.90. The number of rotatable bonds is 8. The van der Waals surface area contributed by atoms with Gasteiger partial charge >= 0.3 is 0 Å². The highest BCUT2D eigenvalue weighted by Crippen LogP contribution is 2.35. The van der Waals surface area contributed by atoms with E-state index in [0.29, 0.717) is 6.42 Å². The third-order valence-electron chi connectivity index (χ3n) is 5.46. The third kappa shape index (κ3) is 4.62. The summed E-state index contributed by atoms with van der Waals surface area (Å²) in [7, 11) is 0. The summed E-state index contributed by atoms with van der Waals surface area (Å²) < 4.78 is 31.2. The molecule has 0 saturated carbocycles. The zero-order valence-electron chi connectivity index (χ0n) is 17.4. The van der Waals surface area contributed by atoms with Crippen LogP contribution >= 0.6 is 0 Å². The van der Waals surface area contributed by atoms with E-state index in [-0.39, 0.29) is 12.1 Å². The van der Waals surface area contributed by atoms with Gasteiger partial charge in [0, 0.05) is 11.6 Å². The van der Waals surface area contributed by atoms with Gasteiger partial charge in [0.2, 0.25) is 0 Å². The minimum Gasteiger partial charge on any atom is -0.383 e. The Morgan fingerprint density at radius 3 is 2.44 bits per heavy atom. The monoisotopic (exact) mass is 436 g/mol. The first-order valence-corrected chi connectivity index (χ1v) is 10.1. The van der Waals surface area contributed by atoms with E-state index >= 15 is 0 Å². The second-order valence-corrected chi connectivity index (χ2v) is 7.61. The largest absolute Gasteiger partial charge is 0.383 e. The van der Waals surface area contributed by atoms with Crippen LogP contribution in [0.1, 0.15) is 24.5 Å². The minimum absolute atomic E-state index is 0.0167. The molecule has 4 aromatic rings. The molecule has 9 heteroatoms. The molecule has 0 fully saturated rings. The lowest BCUT2D eigenvalue weighted by Gasteiger charge is -2.34. The van der Waals surface area contributed by atoms with Gasteiger partial charge in [-0.15, -0.1) is 0 Å². The predicted molar refractivity (Wildman–Crippen MR) is 114 cm³/mol. The minimum atomic E-state index is -1.62. The first-order chi connectivity index (χ1) is 15.5. The summed E-state index contributed by atoms with van der Waals surface area (Å²) in [6, 6.07) is 10.9. The van der Waals surface area contributed by atoms with Crippen LogP contribution in [0.2, 0.25) is 0 Å². The standard InChI is InChI=1S/C23H22F2N6O/c1-17(3-2-4-18-5-8-20(9-6-18)31-16-27-14-29-31)23(32,12-30-15-26-13-28-30)21-10-7-19(24)11-22(21)25/h2,4-11,13-17,32H,3,12H2,1H3/b4-2+/t17-,23+/m0/s1. The maximum Gasteiger partial charge on any atom is 0.138 e. The Bertz CT molecular complexity index is 1180. The van der Waals surface area contributed by atoms with Gasteiger partial charge in [0.15, 0.2) is 0 Å². The van der Waals surface area contributed by atoms with Crippen molar-refractivity contribution in [2.45, 2.75) is 25.5 Å². The molecule has 0 aliphatic heterocycles. The number of allylic oxidation sites excluding steroid dienone is 1. The van der Waals surface area contributed by atoms with Crippen LogP contribution in [0, 0.1) is 17.6 Å². The highest BCUT2D eigenvalue weighted by Gasteiger charge is 2.38. The fourth-order valence-electron chi connectivity index (χ4n) is 3.59. The summed E-state index contributed by atoms with van der Waals surface area (Å²) in [5.41, 5.74) is 0.260. The molecule has 0 radical (unpaired) electrons. The second-order valence-electron chi connectivity index (χ2n) is 7.61. The number of aliphatic hydroxyl groups is 1. The topological polar surface area (TPSA) is 81.6 Å². The molecule has 0 saturated heterocycles. The lowest BCUT2D eigenvalue weighted by Crippen LogP contribution is -2.39. The smallest absolute Gasteiger partial charge is 0.138 e. The number of benzene rings is 2. The highest BCUT2D eigenvalue weighted by atomic mass is 19.1. The Labute approximate surface area is 183 Å². The lowest BCUT2D eigenvalue weighted by atomic mass is 9.80. The molecule has 2 atom stereocenters. The van der Waals surface area contributed by atoms with Crippen LogP contribution in [0.3, 0.4) is 0 Å². The van der Waals surface area contributed by atoms with E-state index in [2.05, 4.69) is 20.2 Å². The molecule has 2 aromatic carbocycles. The molecule has 0 bridgehead atoms. The number of halogens is 2. The number of nitrogens with zero attached hydrogens (tertiary/aromatic N) is 6. The molecule has 2 aromatic heterocycles. The van der Waals surface area contributed by atoms with Gasteiger partial charge in [-0.1, -0.05) is 37.3 Å². The summed E-state index contributed by atoms with van der Waals surface area (Å²) in [6.45, 7) is 1.80. The maximum atomic E-state index is 14.6. The van der Waals surface area contributed by atoms with E-state index < -0.39 is 23.2 Å². The predicted octanol–water partition coefficient (Wildman–Crippen LogP) is 3.76. The van der Waals surface area contributed by atoms with Crippen molar-refractivity contribution >= 4 is 6.08 Å². The van der Waals surface area contributed by atoms with Crippen molar-refractivity contribution in [1.29, 1.82) is 0 Å². The molecule has 7 nitrogen and oxygen atoms in total. The van der Waals surface area contributed by atoms with E-state index in [1.54, 1.807) is 11.0 Å². The molecule has 0 amide bonds. The summed E-state index contributed by atoms with van der Waals surface area (Å²) in [6.07, 6.45) is 10.2. The van der Waals surface area contributed by atoms with E-state index in [9.17, 15) is 13.9 Å². The molecule has 0 aliphatic carbocycles. The number of hydrogen-bond acceptors (Lipinski definition) is 5. The van der Waals surface area contributed by atoms with Crippen LogP contribution in [0.4, 0.5) is 8.78 Å². The molecule has 164 valence electrons. The number of hydrogen-bond donors (Lipinski definition) is 1. The van der Waals surface area contributed by atoms with Gasteiger partial charge in [-0.2, -0.15) is 10.2 Å². The Hall–Kier alpha value is -3.72. The van der Waals surface area contributed by atoms with Gasteiger partial charge in [0.05, 0.1) is 12.2 Å². The summed E-state index contributed by atoms with van der Waals surface area (Å²) in [4.78, 5) is 7.82. The second kappa shape index (κ2) is 9.19. The Morgan fingerprint density at radius 2 is 1.78 bits per heavy atom. The van der Waals surface area contributed by atoms with Crippen molar-refractivity contribution in [1.82, 2.24) is 29.5 Å². The maximum absolute atomic E-state index is 14.6. The van der Waals surface area contributed by atoms with Crippen LogP contribution in [-0.4, -0.2) is 34.6 Å². The molecule has 1 N–H and O–H groups in total. The van der Waals surface area contributed by atoms with Crippen LogP contribution in [0.15, 0.2) is 73.8 Å². The Morgan fingerprint density at radius 1 is 1.03 bits per heavy atom.